The van der Waals surface area contributed by atoms with Gasteiger partial charge in [-0.15, -0.1) is 0 Å². The number of hydrogen-bond donors (Lipinski definition) is 2. The highest BCUT2D eigenvalue weighted by molar-refractivity contribution is 6.39. The molecule has 0 amide bonds. The number of nitrogens with one attached hydrogen (secondary N) is 1. The van der Waals surface area contributed by atoms with Crippen LogP contribution in [0.5, 0.6) is 0 Å². The summed E-state index contributed by atoms with van der Waals surface area (Å²) in [5.41, 5.74) is 8.29. The Bertz CT molecular complexity index is 701. The molecule has 5 nitrogen and oxygen atoms in total. The van der Waals surface area contributed by atoms with Crippen LogP contribution in [0.2, 0.25) is 10.0 Å². The molecule has 19 heavy (non-hydrogen) atoms. The second kappa shape index (κ2) is 4.60. The van der Waals surface area contributed by atoms with Crippen molar-refractivity contribution in [1.82, 2.24) is 15.4 Å². The van der Waals surface area contributed by atoms with Crippen LogP contribution >= 0.6 is 23.2 Å². The van der Waals surface area contributed by atoms with Crippen LogP contribution in [0.1, 0.15) is 0 Å². The first-order chi connectivity index (χ1) is 9.18. The molecule has 3 N–H and O–H groups in total. The van der Waals surface area contributed by atoms with Crippen molar-refractivity contribution in [2.75, 3.05) is 5.73 Å². The highest BCUT2D eigenvalue weighted by Crippen LogP contribution is 2.42. The topological polar surface area (TPSA) is 80.7 Å². The SMILES string of the molecule is Nc1onc(-c2cn[nH]c2)c1-c1c(Cl)cccc1Cl. The predicted molar refractivity (Wildman–Crippen MR) is 74.0 cm³/mol. The molecular formula is C12H8Cl2N4O. The van der Waals surface area contributed by atoms with Gasteiger partial charge in [0.15, 0.2) is 0 Å². The van der Waals surface area contributed by atoms with Gasteiger partial charge in [-0.25, -0.2) is 0 Å². The van der Waals surface area contributed by atoms with Gasteiger partial charge in [0, 0.05) is 17.3 Å². The summed E-state index contributed by atoms with van der Waals surface area (Å²) < 4.78 is 5.05. The third kappa shape index (κ3) is 1.97. The van der Waals surface area contributed by atoms with Gasteiger partial charge < -0.3 is 10.3 Å². The zero-order chi connectivity index (χ0) is 13.4. The van der Waals surface area contributed by atoms with Gasteiger partial charge in [0.25, 0.3) is 0 Å². The fraction of sp³-hybridized carbons (Fsp3) is 0. The lowest BCUT2D eigenvalue weighted by Crippen LogP contribution is -1.89. The maximum atomic E-state index is 6.19. The number of hydrogen-bond acceptors (Lipinski definition) is 4. The summed E-state index contributed by atoms with van der Waals surface area (Å²) in [6.45, 7) is 0. The molecule has 2 aromatic heterocycles. The first-order valence-electron chi connectivity index (χ1n) is 5.37. The van der Waals surface area contributed by atoms with E-state index in [-0.39, 0.29) is 5.88 Å². The number of rotatable bonds is 2. The number of benzene rings is 1. The molecule has 1 aromatic carbocycles. The molecule has 3 aromatic rings. The van der Waals surface area contributed by atoms with E-state index in [9.17, 15) is 0 Å². The molecule has 7 heteroatoms. The fourth-order valence-electron chi connectivity index (χ4n) is 1.86. The van der Waals surface area contributed by atoms with Crippen LogP contribution in [0.15, 0.2) is 35.1 Å². The zero-order valence-corrected chi connectivity index (χ0v) is 11.0. The van der Waals surface area contributed by atoms with E-state index in [1.54, 1.807) is 30.6 Å². The molecule has 0 atom stereocenters. The van der Waals surface area contributed by atoms with Crippen molar-refractivity contribution in [2.45, 2.75) is 0 Å². The lowest BCUT2D eigenvalue weighted by molar-refractivity contribution is 0.439. The summed E-state index contributed by atoms with van der Waals surface area (Å²) in [6.07, 6.45) is 3.30. The second-order valence-electron chi connectivity index (χ2n) is 3.85. The normalized spacial score (nSPS) is 10.8. The molecule has 0 bridgehead atoms. The van der Waals surface area contributed by atoms with Crippen LogP contribution in [-0.2, 0) is 0 Å². The van der Waals surface area contributed by atoms with E-state index in [2.05, 4.69) is 15.4 Å². The van der Waals surface area contributed by atoms with Crippen LogP contribution in [0.25, 0.3) is 22.4 Å². The lowest BCUT2D eigenvalue weighted by atomic mass is 10.0. The van der Waals surface area contributed by atoms with E-state index in [0.717, 1.165) is 5.56 Å². The Morgan fingerprint density at radius 1 is 1.16 bits per heavy atom. The maximum Gasteiger partial charge on any atom is 0.230 e. The highest BCUT2D eigenvalue weighted by atomic mass is 35.5. The molecule has 3 rings (SSSR count). The Hall–Kier alpha value is -1.98. The highest BCUT2D eigenvalue weighted by Gasteiger charge is 2.22. The minimum Gasteiger partial charge on any atom is -0.367 e. The number of nitrogens with two attached hydrogens (primary N) is 1. The number of halogens is 2. The summed E-state index contributed by atoms with van der Waals surface area (Å²) in [5, 5.41) is 11.5. The van der Waals surface area contributed by atoms with Crippen molar-refractivity contribution in [3.63, 3.8) is 0 Å². The summed E-state index contributed by atoms with van der Waals surface area (Å²) in [5.74, 6) is 0.159. The van der Waals surface area contributed by atoms with Crippen molar-refractivity contribution in [3.05, 3.63) is 40.6 Å². The van der Waals surface area contributed by atoms with E-state index in [0.29, 0.717) is 26.9 Å². The monoisotopic (exact) mass is 294 g/mol. The molecule has 0 saturated heterocycles. The largest absolute Gasteiger partial charge is 0.367 e. The average Bonchev–Trinajstić information content (AvgIpc) is 2.99. The first-order valence-corrected chi connectivity index (χ1v) is 6.12. The summed E-state index contributed by atoms with van der Waals surface area (Å²) in [6, 6.07) is 5.22. The minimum atomic E-state index is 0.159. The van der Waals surface area contributed by atoms with Gasteiger partial charge >= 0.3 is 0 Å². The number of aromatic amines is 1. The van der Waals surface area contributed by atoms with Crippen LogP contribution in [0.4, 0.5) is 5.88 Å². The molecular weight excluding hydrogens is 287 g/mol. The van der Waals surface area contributed by atoms with E-state index in [4.69, 9.17) is 33.5 Å². The Morgan fingerprint density at radius 3 is 2.53 bits per heavy atom. The van der Waals surface area contributed by atoms with Crippen LogP contribution in [0.3, 0.4) is 0 Å². The molecule has 0 unspecified atom stereocenters. The smallest absolute Gasteiger partial charge is 0.230 e. The number of nitrogen functional groups attached to an aromatic ring is 1. The minimum absolute atomic E-state index is 0.159. The summed E-state index contributed by atoms with van der Waals surface area (Å²) in [7, 11) is 0. The van der Waals surface area contributed by atoms with Crippen molar-refractivity contribution < 1.29 is 4.52 Å². The molecule has 0 radical (unpaired) electrons. The number of anilines is 1. The molecule has 2 heterocycles. The van der Waals surface area contributed by atoms with Crippen LogP contribution in [0, 0.1) is 0 Å². The van der Waals surface area contributed by atoms with Crippen LogP contribution in [-0.4, -0.2) is 15.4 Å². The average molecular weight is 295 g/mol. The third-order valence-electron chi connectivity index (χ3n) is 2.70. The first kappa shape index (κ1) is 12.1. The Morgan fingerprint density at radius 2 is 1.89 bits per heavy atom. The lowest BCUT2D eigenvalue weighted by Gasteiger charge is -2.06. The van der Waals surface area contributed by atoms with E-state index >= 15 is 0 Å². The van der Waals surface area contributed by atoms with Crippen molar-refractivity contribution in [2.24, 2.45) is 0 Å². The zero-order valence-electron chi connectivity index (χ0n) is 9.52. The third-order valence-corrected chi connectivity index (χ3v) is 3.33. The predicted octanol–water partition coefficient (Wildman–Crippen LogP) is 3.62. The van der Waals surface area contributed by atoms with E-state index in [1.807, 2.05) is 0 Å². The fourth-order valence-corrected chi connectivity index (χ4v) is 2.44. The Kier molecular flexibility index (Phi) is 2.93. The number of H-pyrrole nitrogens is 1. The molecule has 0 saturated carbocycles. The molecule has 0 aliphatic heterocycles. The molecule has 0 aliphatic carbocycles. The Balaban J connectivity index is 2.29. The number of aromatic nitrogens is 3. The van der Waals surface area contributed by atoms with E-state index in [1.165, 1.54) is 0 Å². The quantitative estimate of drug-likeness (QED) is 0.756. The van der Waals surface area contributed by atoms with Gasteiger partial charge in [-0.2, -0.15) is 5.10 Å². The van der Waals surface area contributed by atoms with Gasteiger partial charge in [0.05, 0.1) is 21.8 Å². The van der Waals surface area contributed by atoms with Gasteiger partial charge in [0.1, 0.15) is 5.69 Å². The summed E-state index contributed by atoms with van der Waals surface area (Å²) >= 11 is 12.4. The molecule has 0 fully saturated rings. The molecule has 0 aliphatic rings. The molecule has 0 spiro atoms. The Labute approximate surface area is 118 Å². The van der Waals surface area contributed by atoms with Gasteiger partial charge in [0.2, 0.25) is 5.88 Å². The standard InChI is InChI=1S/C12H8Cl2N4O/c13-7-2-1-3-8(14)9(7)10-11(18-19-12(10)15)6-4-16-17-5-6/h1-5H,15H2,(H,16,17). The van der Waals surface area contributed by atoms with Crippen molar-refractivity contribution >= 4 is 29.1 Å². The maximum absolute atomic E-state index is 6.19. The van der Waals surface area contributed by atoms with E-state index < -0.39 is 0 Å². The van der Waals surface area contributed by atoms with Crippen LogP contribution < -0.4 is 5.73 Å². The summed E-state index contributed by atoms with van der Waals surface area (Å²) in [4.78, 5) is 0. The second-order valence-corrected chi connectivity index (χ2v) is 4.67. The van der Waals surface area contributed by atoms with Gasteiger partial charge in [-0.05, 0) is 12.1 Å². The van der Waals surface area contributed by atoms with Crippen molar-refractivity contribution in [1.29, 1.82) is 0 Å². The molecule has 96 valence electrons. The van der Waals surface area contributed by atoms with Gasteiger partial charge in [-0.3, -0.25) is 5.10 Å². The van der Waals surface area contributed by atoms with Crippen molar-refractivity contribution in [3.8, 4) is 22.4 Å². The number of nitrogens with zero attached hydrogens (tertiary/aromatic N) is 2. The van der Waals surface area contributed by atoms with Gasteiger partial charge in [-0.1, -0.05) is 34.4 Å².